The monoisotopic (exact) mass is 422 g/mol. The van der Waals surface area contributed by atoms with E-state index < -0.39 is 5.97 Å². The van der Waals surface area contributed by atoms with Gasteiger partial charge in [-0.3, -0.25) is 24.1 Å². The number of unbranched alkanes of at least 4 members (excludes halogenated alkanes) is 2. The van der Waals surface area contributed by atoms with E-state index in [9.17, 15) is 19.2 Å². The van der Waals surface area contributed by atoms with Crippen molar-refractivity contribution in [3.8, 4) is 0 Å². The summed E-state index contributed by atoms with van der Waals surface area (Å²) < 4.78 is 5.03. The Morgan fingerprint density at radius 2 is 1.61 bits per heavy atom. The van der Waals surface area contributed by atoms with E-state index in [0.29, 0.717) is 42.6 Å². The third-order valence-electron chi connectivity index (χ3n) is 5.17. The molecule has 0 spiro atoms. The number of ether oxygens (including phenoxy) is 1. The van der Waals surface area contributed by atoms with Gasteiger partial charge in [-0.1, -0.05) is 30.7 Å². The molecule has 0 fully saturated rings. The van der Waals surface area contributed by atoms with Crippen LogP contribution in [0.5, 0.6) is 0 Å². The van der Waals surface area contributed by atoms with Crippen LogP contribution >= 0.6 is 0 Å². The van der Waals surface area contributed by atoms with Gasteiger partial charge in [0.1, 0.15) is 0 Å². The minimum atomic E-state index is -0.447. The van der Waals surface area contributed by atoms with E-state index in [1.165, 1.54) is 4.90 Å². The van der Waals surface area contributed by atoms with Crippen molar-refractivity contribution in [2.24, 2.45) is 0 Å². The fourth-order valence-electron chi connectivity index (χ4n) is 3.43. The van der Waals surface area contributed by atoms with Gasteiger partial charge in [0.25, 0.3) is 17.7 Å². The second-order valence-corrected chi connectivity index (χ2v) is 7.65. The van der Waals surface area contributed by atoms with Crippen LogP contribution in [0.3, 0.4) is 0 Å². The van der Waals surface area contributed by atoms with Crippen LogP contribution in [0.4, 0.5) is 5.69 Å². The molecule has 0 radical (unpaired) electrons. The molecule has 31 heavy (non-hydrogen) atoms. The first-order chi connectivity index (χ1) is 14.9. The molecule has 1 N–H and O–H groups in total. The maximum absolute atomic E-state index is 12.3. The van der Waals surface area contributed by atoms with Gasteiger partial charge in [0.15, 0.2) is 6.61 Å². The molecule has 1 aliphatic rings. The number of imide groups is 1. The fourth-order valence-corrected chi connectivity index (χ4v) is 3.43. The number of aryl methyl sites for hydroxylation is 2. The maximum Gasteiger partial charge on any atom is 0.306 e. The van der Waals surface area contributed by atoms with Crippen molar-refractivity contribution in [1.29, 1.82) is 0 Å². The highest BCUT2D eigenvalue weighted by molar-refractivity contribution is 6.21. The lowest BCUT2D eigenvalue weighted by Crippen LogP contribution is -2.30. The van der Waals surface area contributed by atoms with Gasteiger partial charge in [-0.15, -0.1) is 0 Å². The third kappa shape index (κ3) is 5.57. The van der Waals surface area contributed by atoms with Crippen LogP contribution in [0.15, 0.2) is 42.5 Å². The summed E-state index contributed by atoms with van der Waals surface area (Å²) >= 11 is 0. The van der Waals surface area contributed by atoms with Gasteiger partial charge in [0.05, 0.1) is 11.1 Å². The fraction of sp³-hybridized carbons (Fsp3) is 0.333. The molecular formula is C24H26N2O5. The predicted molar refractivity (Wildman–Crippen MR) is 116 cm³/mol. The maximum atomic E-state index is 12.3. The highest BCUT2D eigenvalue weighted by Crippen LogP contribution is 2.23. The molecular weight excluding hydrogens is 396 g/mol. The number of amides is 3. The Labute approximate surface area is 181 Å². The van der Waals surface area contributed by atoms with E-state index in [4.69, 9.17) is 4.74 Å². The molecule has 0 saturated carbocycles. The second kappa shape index (κ2) is 10.0. The van der Waals surface area contributed by atoms with Crippen LogP contribution in [0.1, 0.15) is 57.5 Å². The molecule has 7 nitrogen and oxygen atoms in total. The lowest BCUT2D eigenvalue weighted by molar-refractivity contribution is -0.147. The minimum Gasteiger partial charge on any atom is -0.456 e. The largest absolute Gasteiger partial charge is 0.456 e. The highest BCUT2D eigenvalue weighted by Gasteiger charge is 2.34. The molecule has 3 amide bonds. The highest BCUT2D eigenvalue weighted by atomic mass is 16.5. The predicted octanol–water partition coefficient (Wildman–Crippen LogP) is 3.64. The normalized spacial score (nSPS) is 12.6. The molecule has 162 valence electrons. The second-order valence-electron chi connectivity index (χ2n) is 7.65. The molecule has 0 aliphatic carbocycles. The molecule has 1 aliphatic heterocycles. The zero-order valence-corrected chi connectivity index (χ0v) is 17.8. The van der Waals surface area contributed by atoms with Crippen LogP contribution < -0.4 is 5.32 Å². The number of esters is 1. The molecule has 0 bridgehead atoms. The summed E-state index contributed by atoms with van der Waals surface area (Å²) in [5.74, 6) is -1.37. The summed E-state index contributed by atoms with van der Waals surface area (Å²) in [4.78, 5) is 49.7. The van der Waals surface area contributed by atoms with Crippen molar-refractivity contribution in [2.45, 2.75) is 39.5 Å². The summed E-state index contributed by atoms with van der Waals surface area (Å²) in [7, 11) is 0. The van der Waals surface area contributed by atoms with E-state index in [1.54, 1.807) is 24.3 Å². The van der Waals surface area contributed by atoms with E-state index in [-0.39, 0.29) is 30.7 Å². The molecule has 2 aromatic rings. The van der Waals surface area contributed by atoms with Gasteiger partial charge in [0, 0.05) is 18.7 Å². The van der Waals surface area contributed by atoms with Gasteiger partial charge < -0.3 is 10.1 Å². The van der Waals surface area contributed by atoms with Crippen molar-refractivity contribution in [3.05, 3.63) is 64.7 Å². The first-order valence-electron chi connectivity index (χ1n) is 10.3. The summed E-state index contributed by atoms with van der Waals surface area (Å²) in [5.41, 5.74) is 3.54. The number of nitrogens with one attached hydrogen (secondary N) is 1. The number of hydrogen-bond donors (Lipinski definition) is 1. The summed E-state index contributed by atoms with van der Waals surface area (Å²) in [5, 5.41) is 2.74. The average molecular weight is 422 g/mol. The lowest BCUT2D eigenvalue weighted by atomic mass is 10.1. The van der Waals surface area contributed by atoms with E-state index in [0.717, 1.165) is 11.1 Å². The Balaban J connectivity index is 1.32. The third-order valence-corrected chi connectivity index (χ3v) is 5.17. The molecule has 0 saturated heterocycles. The molecule has 0 aromatic heterocycles. The number of benzene rings is 2. The SMILES string of the molecule is Cc1ccc(C)c(NC(=O)COC(=O)CCCCCN2C(=O)c3ccccc3C2=O)c1. The smallest absolute Gasteiger partial charge is 0.306 e. The Morgan fingerprint density at radius 1 is 0.935 bits per heavy atom. The standard InChI is InChI=1S/C24H26N2O5/c1-16-11-12-17(2)20(14-16)25-21(27)15-31-22(28)10-4-3-7-13-26-23(29)18-8-5-6-9-19(18)24(26)30/h5-6,8-9,11-12,14H,3-4,7,10,13,15H2,1-2H3,(H,25,27). The molecule has 2 aromatic carbocycles. The number of fused-ring (bicyclic) bond motifs is 1. The summed E-state index contributed by atoms with van der Waals surface area (Å²) in [6.07, 6.45) is 2.00. The van der Waals surface area contributed by atoms with Crippen molar-refractivity contribution < 1.29 is 23.9 Å². The van der Waals surface area contributed by atoms with Gasteiger partial charge in [0.2, 0.25) is 0 Å². The van der Waals surface area contributed by atoms with E-state index >= 15 is 0 Å². The van der Waals surface area contributed by atoms with Crippen LogP contribution in [0.2, 0.25) is 0 Å². The number of carbonyl (C=O) groups excluding carboxylic acids is 4. The van der Waals surface area contributed by atoms with Crippen LogP contribution in [0.25, 0.3) is 0 Å². The summed E-state index contributed by atoms with van der Waals surface area (Å²) in [6.45, 7) is 3.81. The number of hydrogen-bond acceptors (Lipinski definition) is 5. The number of rotatable bonds is 9. The topological polar surface area (TPSA) is 92.8 Å². The molecule has 3 rings (SSSR count). The molecule has 0 unspecified atom stereocenters. The van der Waals surface area contributed by atoms with Crippen LogP contribution in [-0.4, -0.2) is 41.7 Å². The van der Waals surface area contributed by atoms with Gasteiger partial charge in [-0.2, -0.15) is 0 Å². The van der Waals surface area contributed by atoms with Crippen LogP contribution in [0, 0.1) is 13.8 Å². The minimum absolute atomic E-state index is 0.179. The van der Waals surface area contributed by atoms with E-state index in [2.05, 4.69) is 5.32 Å². The lowest BCUT2D eigenvalue weighted by Gasteiger charge is -2.13. The molecule has 1 heterocycles. The number of anilines is 1. The quantitative estimate of drug-likeness (QED) is 0.378. The average Bonchev–Trinajstić information content (AvgIpc) is 2.99. The molecule has 0 atom stereocenters. The Bertz CT molecular complexity index is 980. The Hall–Kier alpha value is -3.48. The Kier molecular flexibility index (Phi) is 7.18. The van der Waals surface area contributed by atoms with Crippen LogP contribution in [-0.2, 0) is 14.3 Å². The molecule has 7 heteroatoms. The van der Waals surface area contributed by atoms with Gasteiger partial charge in [-0.25, -0.2) is 0 Å². The van der Waals surface area contributed by atoms with E-state index in [1.807, 2.05) is 32.0 Å². The Morgan fingerprint density at radius 3 is 2.29 bits per heavy atom. The number of nitrogens with zero attached hydrogens (tertiary/aromatic N) is 1. The van der Waals surface area contributed by atoms with Crippen molar-refractivity contribution in [1.82, 2.24) is 4.90 Å². The van der Waals surface area contributed by atoms with Crippen molar-refractivity contribution >= 4 is 29.4 Å². The van der Waals surface area contributed by atoms with Crippen molar-refractivity contribution in [3.63, 3.8) is 0 Å². The zero-order valence-electron chi connectivity index (χ0n) is 17.8. The van der Waals surface area contributed by atoms with Gasteiger partial charge >= 0.3 is 5.97 Å². The van der Waals surface area contributed by atoms with Crippen molar-refractivity contribution in [2.75, 3.05) is 18.5 Å². The zero-order chi connectivity index (χ0) is 22.4. The summed E-state index contributed by atoms with van der Waals surface area (Å²) in [6, 6.07) is 12.5. The first-order valence-corrected chi connectivity index (χ1v) is 10.3. The van der Waals surface area contributed by atoms with Gasteiger partial charge in [-0.05, 0) is 56.0 Å². The number of carbonyl (C=O) groups is 4. The first kappa shape index (κ1) is 22.2.